The Morgan fingerprint density at radius 3 is 1.79 bits per heavy atom. The molecule has 170 valence electrons. The molecule has 0 bridgehead atoms. The predicted octanol–water partition coefficient (Wildman–Crippen LogP) is 6.05. The number of amides is 1. The minimum atomic E-state index is -10.7. The number of nitrogens with two attached hydrogens (primary N) is 1. The van der Waals surface area contributed by atoms with Gasteiger partial charge in [0.25, 0.3) is 5.91 Å². The maximum Gasteiger partial charge on any atom is 0.303 e. The summed E-state index contributed by atoms with van der Waals surface area (Å²) in [7, 11) is -10.7. The van der Waals surface area contributed by atoms with Crippen LogP contribution in [0.1, 0.15) is 68.1 Å². The molecule has 0 spiro atoms. The summed E-state index contributed by atoms with van der Waals surface area (Å²) >= 11 is 0. The number of nitrogens with zero attached hydrogens (tertiary/aromatic N) is 1. The van der Waals surface area contributed by atoms with Crippen molar-refractivity contribution < 1.29 is 44.4 Å². The van der Waals surface area contributed by atoms with Gasteiger partial charge in [0.2, 0.25) is 0 Å². The van der Waals surface area contributed by atoms with Gasteiger partial charge in [-0.05, 0) is 18.9 Å². The van der Waals surface area contributed by atoms with Gasteiger partial charge in [-0.3, -0.25) is 9.59 Å². The summed E-state index contributed by atoms with van der Waals surface area (Å²) in [4.78, 5) is 21.4. The van der Waals surface area contributed by atoms with E-state index in [0.717, 1.165) is 32.2 Å². The van der Waals surface area contributed by atoms with Gasteiger partial charge < -0.3 is 10.8 Å². The zero-order chi connectivity index (χ0) is 22.6. The molecule has 1 amide bonds. The van der Waals surface area contributed by atoms with Crippen molar-refractivity contribution in [2.24, 2.45) is 5.73 Å². The molecule has 1 heterocycles. The normalized spacial score (nSPS) is 13.6. The maximum atomic E-state index is 11.1. The maximum absolute atomic E-state index is 11.1. The molecule has 0 aromatic carbocycles. The number of carbonyl (C=O) groups is 2. The van der Waals surface area contributed by atoms with Crippen LogP contribution in [-0.4, -0.2) is 17.0 Å². The number of halogens is 6. The van der Waals surface area contributed by atoms with Gasteiger partial charge in [0, 0.05) is 18.9 Å². The molecule has 12 heteroatoms. The number of rotatable bonds is 12. The van der Waals surface area contributed by atoms with Crippen LogP contribution < -0.4 is 10.3 Å². The fourth-order valence-electron chi connectivity index (χ4n) is 2.44. The van der Waals surface area contributed by atoms with E-state index in [0.29, 0.717) is 12.0 Å². The van der Waals surface area contributed by atoms with Crippen LogP contribution in [0.5, 0.6) is 0 Å². The van der Waals surface area contributed by atoms with Crippen molar-refractivity contribution in [3.63, 3.8) is 0 Å². The number of carboxylic acids is 1. The zero-order valence-electron chi connectivity index (χ0n) is 15.9. The van der Waals surface area contributed by atoms with Gasteiger partial charge in [0.1, 0.15) is 12.1 Å². The van der Waals surface area contributed by atoms with Crippen LogP contribution >= 0.6 is 7.81 Å². The first-order valence-electron chi connectivity index (χ1n) is 9.11. The van der Waals surface area contributed by atoms with Gasteiger partial charge in [-0.25, -0.2) is 4.57 Å². The summed E-state index contributed by atoms with van der Waals surface area (Å²) < 4.78 is 61.2. The number of aliphatic carboxylic acids is 1. The van der Waals surface area contributed by atoms with E-state index < -0.39 is 19.7 Å². The average Bonchev–Trinajstić information content (AvgIpc) is 2.53. The molecule has 1 aromatic rings. The van der Waals surface area contributed by atoms with Crippen LogP contribution in [0, 0.1) is 0 Å². The van der Waals surface area contributed by atoms with E-state index in [9.17, 15) is 34.8 Å². The first-order chi connectivity index (χ1) is 13.0. The van der Waals surface area contributed by atoms with Gasteiger partial charge >= 0.3 is 39.0 Å². The summed E-state index contributed by atoms with van der Waals surface area (Å²) in [5, 5.41) is 8.53. The van der Waals surface area contributed by atoms with Crippen LogP contribution in [0.4, 0.5) is 25.2 Å². The number of pyridine rings is 1. The van der Waals surface area contributed by atoms with E-state index in [-0.39, 0.29) is 0 Å². The summed E-state index contributed by atoms with van der Waals surface area (Å²) in [5.41, 5.74) is 5.80. The van der Waals surface area contributed by atoms with Gasteiger partial charge in [0.05, 0.1) is 0 Å². The van der Waals surface area contributed by atoms with Crippen LogP contribution in [0.3, 0.4) is 0 Å². The molecule has 0 fully saturated rings. The van der Waals surface area contributed by atoms with Crippen molar-refractivity contribution in [2.45, 2.75) is 64.3 Å². The third-order valence-corrected chi connectivity index (χ3v) is 3.70. The summed E-state index contributed by atoms with van der Waals surface area (Å²) in [6.07, 6.45) is 12.8. The van der Waals surface area contributed by atoms with E-state index in [1.807, 2.05) is 16.8 Å². The van der Waals surface area contributed by atoms with Gasteiger partial charge in [-0.1, -0.05) is 32.1 Å². The number of carboxylic acid groups (broad SMARTS) is 1. The molecule has 5 nitrogen and oxygen atoms in total. The van der Waals surface area contributed by atoms with Gasteiger partial charge in [-0.2, -0.15) is 0 Å². The molecule has 0 saturated carbocycles. The second-order valence-corrected chi connectivity index (χ2v) is 8.54. The third-order valence-electron chi connectivity index (χ3n) is 3.70. The largest absolute Gasteiger partial charge is 0.481 e. The number of unbranched alkanes of at least 4 members (excludes halogenated alkanes) is 7. The second kappa shape index (κ2) is 10.8. The van der Waals surface area contributed by atoms with Crippen molar-refractivity contribution in [1.29, 1.82) is 0 Å². The van der Waals surface area contributed by atoms with E-state index in [4.69, 9.17) is 10.8 Å². The molecular formula is C17H27F6N2O3P. The fraction of sp³-hybridized carbons (Fsp3) is 0.588. The molecule has 3 N–H and O–H groups in total. The molecule has 0 aliphatic rings. The van der Waals surface area contributed by atoms with Crippen LogP contribution in [0.25, 0.3) is 0 Å². The zero-order valence-corrected chi connectivity index (χ0v) is 16.8. The Labute approximate surface area is 165 Å². The molecular weight excluding hydrogens is 425 g/mol. The third kappa shape index (κ3) is 24.1. The minimum absolute atomic E-state index is 0.293. The Bertz CT molecular complexity index is 657. The second-order valence-electron chi connectivity index (χ2n) is 6.63. The topological polar surface area (TPSA) is 84.3 Å². The van der Waals surface area contributed by atoms with Crippen molar-refractivity contribution in [3.8, 4) is 0 Å². The average molecular weight is 452 g/mol. The predicted molar refractivity (Wildman–Crippen MR) is 97.9 cm³/mol. The molecule has 0 atom stereocenters. The van der Waals surface area contributed by atoms with Crippen LogP contribution in [0.2, 0.25) is 0 Å². The summed E-state index contributed by atoms with van der Waals surface area (Å²) in [6.45, 7) is 0.903. The summed E-state index contributed by atoms with van der Waals surface area (Å²) in [5.74, 6) is -1.09. The number of hydrogen-bond donors (Lipinski definition) is 2. The number of carbonyl (C=O) groups excluding carboxylic acids is 1. The Morgan fingerprint density at radius 2 is 1.34 bits per heavy atom. The first kappa shape index (κ1) is 27.1. The molecule has 29 heavy (non-hydrogen) atoms. The molecule has 0 aliphatic heterocycles. The number of aromatic nitrogens is 1. The molecule has 1 aromatic heterocycles. The Kier molecular flexibility index (Phi) is 10.1. The van der Waals surface area contributed by atoms with Crippen LogP contribution in [0.15, 0.2) is 24.5 Å². The van der Waals surface area contributed by atoms with Crippen molar-refractivity contribution in [3.05, 3.63) is 30.1 Å². The molecule has 0 saturated heterocycles. The Hall–Kier alpha value is -1.90. The van der Waals surface area contributed by atoms with Crippen molar-refractivity contribution in [1.82, 2.24) is 0 Å². The van der Waals surface area contributed by atoms with Gasteiger partial charge in [0.15, 0.2) is 12.4 Å². The number of aryl methyl sites for hydroxylation is 1. The van der Waals surface area contributed by atoms with E-state index in [1.54, 1.807) is 12.3 Å². The van der Waals surface area contributed by atoms with E-state index >= 15 is 0 Å². The molecule has 1 rings (SSSR count). The van der Waals surface area contributed by atoms with E-state index in [2.05, 4.69) is 0 Å². The first-order valence-corrected chi connectivity index (χ1v) is 11.1. The van der Waals surface area contributed by atoms with Crippen LogP contribution in [-0.2, 0) is 11.3 Å². The Morgan fingerprint density at radius 1 is 0.897 bits per heavy atom. The smallest absolute Gasteiger partial charge is 0.303 e. The Balaban J connectivity index is 0.000000956. The SMILES string of the molecule is F[P-](F)(F)(F)(F)F.NC(=O)c1ccc[n+](CCCCCCCCCCC(=O)O)c1. The quantitative estimate of drug-likeness (QED) is 0.175. The standard InChI is InChI=1S/C17H26N2O3.F6P/c18-17(22)15-10-9-13-19(14-15)12-8-6-4-2-1-3-5-7-11-16(20)21;1-7(2,3,4,5)6/h9-10,13-14H,1-8,11-12H2,(H2-,18,20,21,22);/q;-1/p+1. The minimum Gasteiger partial charge on any atom is -0.481 e. The number of primary amides is 1. The van der Waals surface area contributed by atoms with Crippen molar-refractivity contribution in [2.75, 3.05) is 0 Å². The molecule has 0 unspecified atom stereocenters. The number of hydrogen-bond acceptors (Lipinski definition) is 2. The van der Waals surface area contributed by atoms with E-state index in [1.165, 1.54) is 25.7 Å². The fourth-order valence-corrected chi connectivity index (χ4v) is 2.44. The molecule has 0 radical (unpaired) electrons. The van der Waals surface area contributed by atoms with Crippen molar-refractivity contribution >= 4 is 19.7 Å². The monoisotopic (exact) mass is 452 g/mol. The summed E-state index contributed by atoms with van der Waals surface area (Å²) in [6, 6.07) is 3.57. The van der Waals surface area contributed by atoms with Gasteiger partial charge in [-0.15, -0.1) is 0 Å². The molecule has 0 aliphatic carbocycles.